The molecule has 3 unspecified atom stereocenters. The topological polar surface area (TPSA) is 158 Å². The minimum atomic E-state index is -0.876. The maximum atomic E-state index is 13.4. The number of unbranched alkanes of at least 4 members (excludes halogenated alkanes) is 42. The van der Waals surface area contributed by atoms with Crippen molar-refractivity contribution in [2.24, 2.45) is 5.41 Å². The predicted molar refractivity (Wildman–Crippen MR) is 400 cm³/mol. The van der Waals surface area contributed by atoms with Crippen molar-refractivity contribution >= 4 is 35.8 Å². The SMILES string of the molecule is CCCCCCCCCC(CCCCCCCC(=O)OCC(CC)(COC(=O)CCCCCCCC(CCCCCCCCC)OC(=O)CCCCCCC)COC(=O)CCCCCCCC(CCCCCCCCC)OC(=O)CCCCCCC)OC(=O)CCCCCCC. The Hall–Kier alpha value is -3.18. The van der Waals surface area contributed by atoms with Gasteiger partial charge >= 0.3 is 35.8 Å². The Morgan fingerprint density at radius 3 is 0.542 bits per heavy atom. The number of carbonyl (C=O) groups excluding carboxylic acids is 6. The van der Waals surface area contributed by atoms with E-state index in [4.69, 9.17) is 28.4 Å². The van der Waals surface area contributed by atoms with Crippen LogP contribution in [0.25, 0.3) is 0 Å². The molecule has 0 aromatic carbocycles. The van der Waals surface area contributed by atoms with Gasteiger partial charge in [0.2, 0.25) is 0 Å². The first-order chi connectivity index (χ1) is 46.9. The van der Waals surface area contributed by atoms with Crippen LogP contribution >= 0.6 is 0 Å². The second kappa shape index (κ2) is 71.6. The third kappa shape index (κ3) is 63.0. The van der Waals surface area contributed by atoms with E-state index < -0.39 is 5.41 Å². The summed E-state index contributed by atoms with van der Waals surface area (Å²) in [6.07, 6.45) is 64.7. The molecule has 0 fully saturated rings. The van der Waals surface area contributed by atoms with Crippen LogP contribution in [0.5, 0.6) is 0 Å². The summed E-state index contributed by atoms with van der Waals surface area (Å²) in [7, 11) is 0. The molecule has 0 N–H and O–H groups in total. The van der Waals surface area contributed by atoms with Crippen LogP contribution in [0, 0.1) is 5.41 Å². The van der Waals surface area contributed by atoms with Crippen molar-refractivity contribution in [3.8, 4) is 0 Å². The quantitative estimate of drug-likeness (QED) is 0.0323. The van der Waals surface area contributed by atoms with Crippen LogP contribution in [0.1, 0.15) is 459 Å². The Labute approximate surface area is 593 Å². The van der Waals surface area contributed by atoms with Crippen LogP contribution in [0.15, 0.2) is 0 Å². The first-order valence-corrected chi connectivity index (χ1v) is 42.0. The molecule has 0 aliphatic carbocycles. The van der Waals surface area contributed by atoms with Gasteiger partial charge < -0.3 is 28.4 Å². The fourth-order valence-electron chi connectivity index (χ4n) is 13.0. The highest BCUT2D eigenvalue weighted by Crippen LogP contribution is 2.27. The molecule has 0 saturated carbocycles. The molecule has 0 aromatic heterocycles. The molecule has 12 nitrogen and oxygen atoms in total. The zero-order chi connectivity index (χ0) is 70.3. The van der Waals surface area contributed by atoms with Gasteiger partial charge in [-0.3, -0.25) is 28.8 Å². The van der Waals surface area contributed by atoms with Crippen molar-refractivity contribution in [3.05, 3.63) is 0 Å². The van der Waals surface area contributed by atoms with Gasteiger partial charge in [-0.1, -0.05) is 299 Å². The van der Waals surface area contributed by atoms with Gasteiger partial charge in [-0.2, -0.15) is 0 Å². The van der Waals surface area contributed by atoms with Crippen LogP contribution in [0.2, 0.25) is 0 Å². The normalized spacial score (nSPS) is 13.0. The van der Waals surface area contributed by atoms with Crippen molar-refractivity contribution in [3.63, 3.8) is 0 Å². The average Bonchev–Trinajstić information content (AvgIpc) is 1.31. The molecular weight excluding hydrogens is 1200 g/mol. The minimum Gasteiger partial charge on any atom is -0.465 e. The molecule has 0 rings (SSSR count). The molecule has 0 radical (unpaired) electrons. The van der Waals surface area contributed by atoms with Crippen LogP contribution in [-0.2, 0) is 57.2 Å². The fraction of sp³-hybridized carbons (Fsp3) is 0.929. The van der Waals surface area contributed by atoms with E-state index in [0.717, 1.165) is 173 Å². The average molecular weight is 1360 g/mol. The third-order valence-electron chi connectivity index (χ3n) is 19.8. The molecule has 0 heterocycles. The monoisotopic (exact) mass is 1360 g/mol. The number of carbonyl (C=O) groups is 6. The van der Waals surface area contributed by atoms with E-state index in [0.29, 0.717) is 44.9 Å². The number of esters is 6. The van der Waals surface area contributed by atoms with Crippen molar-refractivity contribution < 1.29 is 57.2 Å². The Morgan fingerprint density at radius 1 is 0.208 bits per heavy atom. The highest BCUT2D eigenvalue weighted by molar-refractivity contribution is 5.71. The van der Waals surface area contributed by atoms with Gasteiger partial charge in [-0.25, -0.2) is 0 Å². The lowest BCUT2D eigenvalue weighted by Crippen LogP contribution is -2.39. The van der Waals surface area contributed by atoms with Gasteiger partial charge in [0.15, 0.2) is 0 Å². The van der Waals surface area contributed by atoms with E-state index in [2.05, 4.69) is 41.5 Å². The van der Waals surface area contributed by atoms with Crippen molar-refractivity contribution in [2.45, 2.75) is 478 Å². The largest absolute Gasteiger partial charge is 0.465 e. The van der Waals surface area contributed by atoms with Crippen molar-refractivity contribution in [2.75, 3.05) is 19.8 Å². The van der Waals surface area contributed by atoms with Gasteiger partial charge in [-0.15, -0.1) is 0 Å². The van der Waals surface area contributed by atoms with E-state index in [9.17, 15) is 28.8 Å². The van der Waals surface area contributed by atoms with E-state index >= 15 is 0 Å². The number of rotatable bonds is 76. The molecule has 0 spiro atoms. The molecule has 0 aliphatic rings. The maximum Gasteiger partial charge on any atom is 0.306 e. The standard InChI is InChI=1S/C84H158O12/c1-8-15-21-27-30-39-48-60-75(94-81(88)69-57-36-24-18-11-4)63-51-42-33-45-54-66-78(85)91-72-84(14-7,73-92-79(86)67-55-46-34-43-52-64-76(61-49-40-31-28-22-16-9-2)95-82(89)70-58-37-25-19-12-5)74-93-80(87)68-56-47-35-44-53-65-77(62-50-41-32-29-23-17-10-3)96-83(90)71-59-38-26-20-13-6/h75-77H,8-74H2,1-7H3. The zero-order valence-electron chi connectivity index (χ0n) is 64.5. The number of ether oxygens (including phenoxy) is 6. The van der Waals surface area contributed by atoms with Crippen LogP contribution in [0.3, 0.4) is 0 Å². The highest BCUT2D eigenvalue weighted by Gasteiger charge is 2.34. The van der Waals surface area contributed by atoms with Gasteiger partial charge in [-0.05, 0) is 122 Å². The molecule has 0 amide bonds. The summed E-state index contributed by atoms with van der Waals surface area (Å²) >= 11 is 0. The maximum absolute atomic E-state index is 13.4. The predicted octanol–water partition coefficient (Wildman–Crippen LogP) is 25.4. The van der Waals surface area contributed by atoms with Gasteiger partial charge in [0.1, 0.15) is 38.1 Å². The second-order valence-electron chi connectivity index (χ2n) is 29.3. The number of hydrogen-bond donors (Lipinski definition) is 0. The lowest BCUT2D eigenvalue weighted by Gasteiger charge is -2.31. The van der Waals surface area contributed by atoms with Gasteiger partial charge in [0.25, 0.3) is 0 Å². The van der Waals surface area contributed by atoms with Crippen molar-refractivity contribution in [1.29, 1.82) is 0 Å². The Bertz CT molecular complexity index is 1560. The van der Waals surface area contributed by atoms with Crippen molar-refractivity contribution in [1.82, 2.24) is 0 Å². The molecule has 12 heteroatoms. The van der Waals surface area contributed by atoms with Gasteiger partial charge in [0, 0.05) is 38.5 Å². The molecule has 0 aromatic rings. The van der Waals surface area contributed by atoms with E-state index in [-0.39, 0.29) is 93.2 Å². The highest BCUT2D eigenvalue weighted by atomic mass is 16.6. The van der Waals surface area contributed by atoms with Crippen LogP contribution in [-0.4, -0.2) is 73.9 Å². The summed E-state index contributed by atoms with van der Waals surface area (Å²) in [5.41, 5.74) is -0.876. The lowest BCUT2D eigenvalue weighted by molar-refractivity contribution is -0.163. The van der Waals surface area contributed by atoms with E-state index in [1.165, 1.54) is 173 Å². The summed E-state index contributed by atoms with van der Waals surface area (Å²) in [5.74, 6) is -1.05. The summed E-state index contributed by atoms with van der Waals surface area (Å²) in [5, 5.41) is 0. The number of hydrogen-bond acceptors (Lipinski definition) is 12. The third-order valence-corrected chi connectivity index (χ3v) is 19.8. The van der Waals surface area contributed by atoms with Gasteiger partial charge in [0.05, 0.1) is 5.41 Å². The van der Waals surface area contributed by atoms with E-state index in [1.807, 2.05) is 6.92 Å². The fourth-order valence-corrected chi connectivity index (χ4v) is 13.0. The first-order valence-electron chi connectivity index (χ1n) is 42.0. The molecular formula is C84H158O12. The molecule has 96 heavy (non-hydrogen) atoms. The summed E-state index contributed by atoms with van der Waals surface area (Å²) in [4.78, 5) is 78.6. The molecule has 0 saturated heterocycles. The lowest BCUT2D eigenvalue weighted by atomic mass is 9.88. The first kappa shape index (κ1) is 92.8. The smallest absolute Gasteiger partial charge is 0.306 e. The summed E-state index contributed by atoms with van der Waals surface area (Å²) in [6.45, 7) is 15.3. The minimum absolute atomic E-state index is 0.0110. The second-order valence-corrected chi connectivity index (χ2v) is 29.3. The summed E-state index contributed by atoms with van der Waals surface area (Å²) in [6, 6.07) is 0. The molecule has 0 bridgehead atoms. The van der Waals surface area contributed by atoms with Crippen LogP contribution in [0.4, 0.5) is 0 Å². The zero-order valence-corrected chi connectivity index (χ0v) is 64.5. The molecule has 566 valence electrons. The van der Waals surface area contributed by atoms with Crippen LogP contribution < -0.4 is 0 Å². The Balaban J connectivity index is 5.52. The summed E-state index contributed by atoms with van der Waals surface area (Å²) < 4.78 is 36.1. The molecule has 3 atom stereocenters. The Morgan fingerprint density at radius 2 is 0.365 bits per heavy atom. The Kier molecular flexibility index (Phi) is 69.3. The molecule has 0 aliphatic heterocycles. The van der Waals surface area contributed by atoms with E-state index in [1.54, 1.807) is 0 Å².